The van der Waals surface area contributed by atoms with Crippen LogP contribution in [-0.2, 0) is 11.1 Å². The number of anilines is 2. The summed E-state index contributed by atoms with van der Waals surface area (Å²) < 4.78 is 0. The molecule has 0 unspecified atom stereocenters. The summed E-state index contributed by atoms with van der Waals surface area (Å²) in [6.07, 6.45) is 2.15. The van der Waals surface area contributed by atoms with E-state index < -0.39 is 11.1 Å². The van der Waals surface area contributed by atoms with Gasteiger partial charge in [0.1, 0.15) is 0 Å². The number of carbonyl (C=O) groups is 2. The molecule has 0 radical (unpaired) electrons. The van der Waals surface area contributed by atoms with Crippen LogP contribution in [0.4, 0.5) is 21.0 Å². The van der Waals surface area contributed by atoms with Gasteiger partial charge in [0.25, 0.3) is 0 Å². The predicted octanol–water partition coefficient (Wildman–Crippen LogP) is 8.83. The molecule has 3 rings (SSSR count). The molecule has 0 fully saturated rings. The maximum Gasteiger partial charge on any atom is 0.319 e. The second-order valence-electron chi connectivity index (χ2n) is 11.9. The fourth-order valence-corrected chi connectivity index (χ4v) is 4.59. The van der Waals surface area contributed by atoms with Crippen molar-refractivity contribution in [3.63, 3.8) is 0 Å². The Balaban J connectivity index is 1.64. The second kappa shape index (κ2) is 13.0. The highest BCUT2D eigenvalue weighted by Gasteiger charge is 2.28. The molecule has 3 aromatic carbocycles. The smallest absolute Gasteiger partial charge is 0.319 e. The number of carbonyl (C=O) groups excluding carboxylic acids is 2. The maximum atomic E-state index is 12.9. The summed E-state index contributed by atoms with van der Waals surface area (Å²) in [5, 5.41) is 12.1. The van der Waals surface area contributed by atoms with Gasteiger partial charge in [-0.15, -0.1) is 0 Å². The molecule has 2 atom stereocenters. The van der Waals surface area contributed by atoms with Gasteiger partial charge in [0.15, 0.2) is 0 Å². The van der Waals surface area contributed by atoms with E-state index in [1.165, 1.54) is 11.1 Å². The average Bonchev–Trinajstić information content (AvgIpc) is 2.92. The van der Waals surface area contributed by atoms with E-state index in [4.69, 9.17) is 0 Å². The molecular formula is C34H46N4O2. The Kier molecular flexibility index (Phi) is 10.0. The number of nitrogens with one attached hydrogen (secondary N) is 4. The van der Waals surface area contributed by atoms with Crippen LogP contribution in [0.3, 0.4) is 0 Å². The van der Waals surface area contributed by atoms with Crippen LogP contribution in [0.15, 0.2) is 72.8 Å². The van der Waals surface area contributed by atoms with Crippen LogP contribution in [0.25, 0.3) is 0 Å². The van der Waals surface area contributed by atoms with Gasteiger partial charge in [-0.05, 0) is 98.9 Å². The number of urea groups is 2. The molecule has 0 saturated heterocycles. The van der Waals surface area contributed by atoms with Gasteiger partial charge in [0, 0.05) is 11.4 Å². The van der Waals surface area contributed by atoms with E-state index in [1.807, 2.05) is 76.2 Å². The van der Waals surface area contributed by atoms with E-state index in [0.29, 0.717) is 11.8 Å². The first-order valence-electron chi connectivity index (χ1n) is 14.3. The van der Waals surface area contributed by atoms with E-state index in [0.717, 1.165) is 35.3 Å². The zero-order chi connectivity index (χ0) is 29.5. The SMILES string of the molecule is CC[C@H](C)c1ccc(NC(=O)NC(C)(C)c2cccc(C(C)(C)NC(=O)Nc3ccc([C@@H](C)CC)cc3)c2)cc1. The van der Waals surface area contributed by atoms with E-state index in [2.05, 4.69) is 73.2 Å². The highest BCUT2D eigenvalue weighted by atomic mass is 16.2. The van der Waals surface area contributed by atoms with Gasteiger partial charge in [0.2, 0.25) is 0 Å². The zero-order valence-electron chi connectivity index (χ0n) is 25.3. The van der Waals surface area contributed by atoms with Crippen LogP contribution in [0.1, 0.15) is 102 Å². The highest BCUT2D eigenvalue weighted by Crippen LogP contribution is 2.28. The molecule has 0 spiro atoms. The molecule has 0 heterocycles. The minimum absolute atomic E-state index is 0.275. The fourth-order valence-electron chi connectivity index (χ4n) is 4.59. The van der Waals surface area contributed by atoms with Gasteiger partial charge < -0.3 is 21.3 Å². The van der Waals surface area contributed by atoms with Crippen molar-refractivity contribution in [2.24, 2.45) is 0 Å². The van der Waals surface area contributed by atoms with Crippen molar-refractivity contribution in [1.29, 1.82) is 0 Å². The summed E-state index contributed by atoms with van der Waals surface area (Å²) in [6.45, 7) is 16.6. The van der Waals surface area contributed by atoms with Crippen molar-refractivity contribution in [3.8, 4) is 0 Å². The fraction of sp³-hybridized carbons (Fsp3) is 0.412. The summed E-state index contributed by atoms with van der Waals surface area (Å²) >= 11 is 0. The van der Waals surface area contributed by atoms with Crippen LogP contribution < -0.4 is 21.3 Å². The van der Waals surface area contributed by atoms with Crippen molar-refractivity contribution in [2.75, 3.05) is 10.6 Å². The molecule has 6 nitrogen and oxygen atoms in total. The quantitative estimate of drug-likeness (QED) is 0.206. The second-order valence-corrected chi connectivity index (χ2v) is 11.9. The molecule has 3 aromatic rings. The Labute approximate surface area is 240 Å². The third-order valence-electron chi connectivity index (χ3n) is 7.86. The topological polar surface area (TPSA) is 82.3 Å². The van der Waals surface area contributed by atoms with Gasteiger partial charge in [-0.25, -0.2) is 9.59 Å². The molecule has 0 aliphatic heterocycles. The normalized spacial score (nSPS) is 13.2. The van der Waals surface area contributed by atoms with E-state index in [-0.39, 0.29) is 12.1 Å². The lowest BCUT2D eigenvalue weighted by Crippen LogP contribution is -2.45. The number of hydrogen-bond acceptors (Lipinski definition) is 2. The molecule has 0 bridgehead atoms. The van der Waals surface area contributed by atoms with E-state index >= 15 is 0 Å². The summed E-state index contributed by atoms with van der Waals surface area (Å²) in [4.78, 5) is 25.7. The molecule has 0 aromatic heterocycles. The first-order valence-corrected chi connectivity index (χ1v) is 14.3. The Morgan fingerprint density at radius 3 is 1.30 bits per heavy atom. The zero-order valence-corrected chi connectivity index (χ0v) is 25.3. The molecule has 6 heteroatoms. The molecule has 4 N–H and O–H groups in total. The lowest BCUT2D eigenvalue weighted by atomic mass is 9.87. The van der Waals surface area contributed by atoms with Crippen LogP contribution in [0.2, 0.25) is 0 Å². The predicted molar refractivity (Wildman–Crippen MR) is 167 cm³/mol. The Morgan fingerprint density at radius 1 is 0.625 bits per heavy atom. The average molecular weight is 543 g/mol. The monoisotopic (exact) mass is 542 g/mol. The number of benzene rings is 3. The van der Waals surface area contributed by atoms with Crippen molar-refractivity contribution >= 4 is 23.4 Å². The largest absolute Gasteiger partial charge is 0.329 e. The third kappa shape index (κ3) is 8.10. The minimum Gasteiger partial charge on any atom is -0.329 e. The summed E-state index contributed by atoms with van der Waals surface area (Å²) in [5.41, 5.74) is 4.59. The summed E-state index contributed by atoms with van der Waals surface area (Å²) in [5.74, 6) is 0.972. The van der Waals surface area contributed by atoms with Crippen molar-refractivity contribution in [3.05, 3.63) is 95.1 Å². The van der Waals surface area contributed by atoms with Gasteiger partial charge in [-0.1, -0.05) is 76.2 Å². The number of rotatable bonds is 10. The van der Waals surface area contributed by atoms with E-state index in [9.17, 15) is 9.59 Å². The molecular weight excluding hydrogens is 496 g/mol. The maximum absolute atomic E-state index is 12.9. The van der Waals surface area contributed by atoms with Crippen LogP contribution in [-0.4, -0.2) is 12.1 Å². The first-order chi connectivity index (χ1) is 18.8. The summed E-state index contributed by atoms with van der Waals surface area (Å²) in [7, 11) is 0. The van der Waals surface area contributed by atoms with Gasteiger partial charge in [0.05, 0.1) is 11.1 Å². The Hall–Kier alpha value is -3.80. The molecule has 4 amide bonds. The number of hydrogen-bond donors (Lipinski definition) is 4. The van der Waals surface area contributed by atoms with Crippen molar-refractivity contribution in [1.82, 2.24) is 10.6 Å². The molecule has 214 valence electrons. The van der Waals surface area contributed by atoms with Crippen LogP contribution in [0.5, 0.6) is 0 Å². The number of amides is 4. The summed E-state index contributed by atoms with van der Waals surface area (Å²) in [6, 6.07) is 23.4. The minimum atomic E-state index is -0.646. The van der Waals surface area contributed by atoms with Gasteiger partial charge in [-0.2, -0.15) is 0 Å². The van der Waals surface area contributed by atoms with Crippen LogP contribution >= 0.6 is 0 Å². The molecule has 40 heavy (non-hydrogen) atoms. The lowest BCUT2D eigenvalue weighted by molar-refractivity contribution is 0.241. The van der Waals surface area contributed by atoms with E-state index in [1.54, 1.807) is 0 Å². The third-order valence-corrected chi connectivity index (χ3v) is 7.86. The van der Waals surface area contributed by atoms with Crippen molar-refractivity contribution < 1.29 is 9.59 Å². The van der Waals surface area contributed by atoms with Gasteiger partial charge in [-0.3, -0.25) is 0 Å². The lowest BCUT2D eigenvalue weighted by Gasteiger charge is -2.31. The molecule has 0 aliphatic carbocycles. The van der Waals surface area contributed by atoms with Gasteiger partial charge >= 0.3 is 12.1 Å². The molecule has 0 saturated carbocycles. The first kappa shape index (κ1) is 30.7. The highest BCUT2D eigenvalue weighted by molar-refractivity contribution is 5.90. The Bertz CT molecular complexity index is 1180. The standard InChI is InChI=1S/C34H46N4O2/c1-9-23(3)25-14-18-29(19-15-25)35-31(39)37-33(5,6)27-12-11-13-28(22-27)34(7,8)38-32(40)36-30-20-16-26(17-21-30)24(4)10-2/h11-24H,9-10H2,1-8H3,(H2,35,37,39)(H2,36,38,40)/t23-,24-/m0/s1. The molecule has 0 aliphatic rings. The Morgan fingerprint density at radius 2 is 0.975 bits per heavy atom. The van der Waals surface area contributed by atoms with Crippen molar-refractivity contribution in [2.45, 2.75) is 91.1 Å². The van der Waals surface area contributed by atoms with Crippen LogP contribution in [0, 0.1) is 0 Å².